The first-order valence-corrected chi connectivity index (χ1v) is 9.33. The Morgan fingerprint density at radius 3 is 1.82 bits per heavy atom. The molecule has 0 radical (unpaired) electrons. The molecule has 0 aliphatic rings. The van der Waals surface area contributed by atoms with Crippen molar-refractivity contribution in [2.75, 3.05) is 0 Å². The Labute approximate surface area is 239 Å². The standard InChI is InChI=1S/C10H5FN4O2.C10H8FN3O2.ClH.HNO2.Na/c11-7-3-1-2-6(4-7)8-5-9(17-14-8)10(16)13-15-12;11-7-3-1-2-6(4-7)8-5-9(16-14-8)10(15)13-12;;2-1-3;/h1-5H;1-5H,12H2,(H,13,15);1H;(H,2,3);/q;;;;+1/p-1. The molecule has 18 heteroatoms. The van der Waals surface area contributed by atoms with Gasteiger partial charge in [-0.15, -0.1) is 17.7 Å². The molecule has 14 nitrogen and oxygen atoms in total. The van der Waals surface area contributed by atoms with Crippen molar-refractivity contribution < 1.29 is 57.0 Å². The summed E-state index contributed by atoms with van der Waals surface area (Å²) in [6.07, 6.45) is 0. The Morgan fingerprint density at radius 1 is 0.947 bits per heavy atom. The van der Waals surface area contributed by atoms with Crippen LogP contribution in [0.2, 0.25) is 0 Å². The van der Waals surface area contributed by atoms with Crippen LogP contribution >= 0.6 is 12.4 Å². The molecule has 0 unspecified atom stereocenters. The molecule has 2 aromatic carbocycles. The average molecular weight is 559 g/mol. The molecule has 3 N–H and O–H groups in total. The molecule has 0 fully saturated rings. The van der Waals surface area contributed by atoms with Gasteiger partial charge in [-0.2, -0.15) is 0 Å². The number of rotatable bonds is 4. The van der Waals surface area contributed by atoms with Crippen molar-refractivity contribution in [3.05, 3.63) is 104 Å². The van der Waals surface area contributed by atoms with Gasteiger partial charge in [0, 0.05) is 28.2 Å². The molecular formula is C20H14ClF2N8NaO6. The third kappa shape index (κ3) is 10.1. The van der Waals surface area contributed by atoms with Crippen molar-refractivity contribution in [2.45, 2.75) is 0 Å². The zero-order valence-electron chi connectivity index (χ0n) is 19.1. The number of nitrogens with two attached hydrogens (primary N) is 1. The van der Waals surface area contributed by atoms with Gasteiger partial charge < -0.3 is 19.2 Å². The number of nitrogens with one attached hydrogen (secondary N) is 1. The maximum Gasteiger partial charge on any atom is 1.00 e. The van der Waals surface area contributed by atoms with E-state index in [1.807, 2.05) is 5.43 Å². The fourth-order valence-corrected chi connectivity index (χ4v) is 2.49. The number of halogens is 3. The molecule has 0 spiro atoms. The van der Waals surface area contributed by atoms with Crippen LogP contribution in [0.15, 0.2) is 80.2 Å². The predicted octanol–water partition coefficient (Wildman–Crippen LogP) is 1.69. The summed E-state index contributed by atoms with van der Waals surface area (Å²) < 4.78 is 35.3. The minimum absolute atomic E-state index is 0. The van der Waals surface area contributed by atoms with E-state index >= 15 is 0 Å². The van der Waals surface area contributed by atoms with Crippen LogP contribution in [0, 0.1) is 21.7 Å². The summed E-state index contributed by atoms with van der Waals surface area (Å²) in [5.41, 5.74) is 11.7. The Hall–Kier alpha value is -4.18. The van der Waals surface area contributed by atoms with E-state index in [0.717, 1.165) is 5.34 Å². The zero-order chi connectivity index (χ0) is 26.5. The SMILES string of the molecule is Cl.NNC(=O)c1cc(-c2cccc(F)c2)no1.O=N[O-].[N-]=[N+]=NC(=O)c1cc(-c2cccc(F)c2)no1.[Na+]. The molecular weight excluding hydrogens is 545 g/mol. The van der Waals surface area contributed by atoms with Crippen LogP contribution in [-0.2, 0) is 0 Å². The van der Waals surface area contributed by atoms with Crippen molar-refractivity contribution in [1.82, 2.24) is 15.7 Å². The largest absolute Gasteiger partial charge is 1.00 e. The number of amides is 2. The number of hydrogen-bond donors (Lipinski definition) is 2. The van der Waals surface area contributed by atoms with E-state index in [1.165, 1.54) is 42.5 Å². The van der Waals surface area contributed by atoms with Gasteiger partial charge in [-0.1, -0.05) is 34.6 Å². The molecule has 0 atom stereocenters. The minimum Gasteiger partial charge on any atom is -0.444 e. The van der Waals surface area contributed by atoms with Gasteiger partial charge in [0.1, 0.15) is 23.0 Å². The number of nitrogens with zero attached hydrogens (tertiary/aromatic N) is 6. The molecule has 0 aliphatic carbocycles. The molecule has 2 amide bonds. The summed E-state index contributed by atoms with van der Waals surface area (Å²) in [6.45, 7) is 0. The van der Waals surface area contributed by atoms with Gasteiger partial charge in [0.2, 0.25) is 11.5 Å². The number of carbonyl (C=O) groups is 2. The number of hydrogen-bond acceptors (Lipinski definition) is 10. The predicted molar refractivity (Wildman–Crippen MR) is 125 cm³/mol. The van der Waals surface area contributed by atoms with E-state index < -0.39 is 17.6 Å². The quantitative estimate of drug-likeness (QED) is 0.0542. The Bertz CT molecular complexity index is 1410. The van der Waals surface area contributed by atoms with E-state index in [1.54, 1.807) is 18.2 Å². The fraction of sp³-hybridized carbons (Fsp3) is 0. The monoisotopic (exact) mass is 558 g/mol. The molecule has 2 heterocycles. The first-order chi connectivity index (χ1) is 17.3. The van der Waals surface area contributed by atoms with Gasteiger partial charge in [0.15, 0.2) is 0 Å². The molecule has 4 aromatic rings. The van der Waals surface area contributed by atoms with Crippen LogP contribution < -0.4 is 40.8 Å². The smallest absolute Gasteiger partial charge is 0.444 e. The van der Waals surface area contributed by atoms with Crippen molar-refractivity contribution in [2.24, 2.45) is 16.3 Å². The Morgan fingerprint density at radius 2 is 1.39 bits per heavy atom. The van der Waals surface area contributed by atoms with E-state index in [9.17, 15) is 18.4 Å². The number of hydrazine groups is 1. The van der Waals surface area contributed by atoms with Crippen LogP contribution in [0.3, 0.4) is 0 Å². The summed E-state index contributed by atoms with van der Waals surface area (Å²) in [7, 11) is 0. The fourth-order valence-electron chi connectivity index (χ4n) is 2.49. The van der Waals surface area contributed by atoms with Crippen LogP contribution in [0.25, 0.3) is 33.0 Å². The third-order valence-electron chi connectivity index (χ3n) is 3.96. The van der Waals surface area contributed by atoms with Crippen molar-refractivity contribution in [3.63, 3.8) is 0 Å². The van der Waals surface area contributed by atoms with Crippen LogP contribution in [0.5, 0.6) is 0 Å². The molecule has 38 heavy (non-hydrogen) atoms. The van der Waals surface area contributed by atoms with E-state index in [4.69, 9.17) is 26.0 Å². The summed E-state index contributed by atoms with van der Waals surface area (Å²) in [6, 6.07) is 14.1. The molecule has 192 valence electrons. The van der Waals surface area contributed by atoms with Crippen LogP contribution in [-0.4, -0.2) is 22.1 Å². The maximum absolute atomic E-state index is 12.9. The zero-order valence-corrected chi connectivity index (χ0v) is 22.0. The number of nitrogen functional groups attached to an aromatic ring is 1. The van der Waals surface area contributed by atoms with E-state index in [-0.39, 0.29) is 59.3 Å². The molecule has 0 saturated carbocycles. The Balaban J connectivity index is 0.000000624. The minimum atomic E-state index is -0.873. The molecule has 2 aromatic heterocycles. The van der Waals surface area contributed by atoms with E-state index in [2.05, 4.69) is 24.9 Å². The van der Waals surface area contributed by atoms with Crippen LogP contribution in [0.4, 0.5) is 8.78 Å². The topological polar surface area (TPSA) is 225 Å². The second-order valence-corrected chi connectivity index (χ2v) is 6.22. The maximum atomic E-state index is 12.9. The van der Waals surface area contributed by atoms with Gasteiger partial charge in [-0.3, -0.25) is 15.0 Å². The van der Waals surface area contributed by atoms with Crippen molar-refractivity contribution in [3.8, 4) is 22.5 Å². The van der Waals surface area contributed by atoms with Gasteiger partial charge >= 0.3 is 35.5 Å². The number of aromatic nitrogens is 2. The van der Waals surface area contributed by atoms with Crippen molar-refractivity contribution >= 4 is 24.2 Å². The summed E-state index contributed by atoms with van der Waals surface area (Å²) in [5.74, 6) is 2.44. The van der Waals surface area contributed by atoms with Gasteiger partial charge in [0.25, 0.3) is 5.91 Å². The summed E-state index contributed by atoms with van der Waals surface area (Å²) >= 11 is 0. The number of azide groups is 1. The van der Waals surface area contributed by atoms with Crippen LogP contribution in [0.1, 0.15) is 21.1 Å². The number of carbonyl (C=O) groups excluding carboxylic acids is 2. The first kappa shape index (κ1) is 33.8. The van der Waals surface area contributed by atoms with Gasteiger partial charge in [0.05, 0.1) is 0 Å². The second kappa shape index (κ2) is 17.3. The molecule has 0 saturated heterocycles. The average Bonchev–Trinajstić information content (AvgIpc) is 3.55. The Kier molecular flexibility index (Phi) is 15.4. The summed E-state index contributed by atoms with van der Waals surface area (Å²) in [4.78, 5) is 32.5. The van der Waals surface area contributed by atoms with Gasteiger partial charge in [-0.05, 0) is 34.9 Å². The second-order valence-electron chi connectivity index (χ2n) is 6.22. The third-order valence-corrected chi connectivity index (χ3v) is 3.96. The summed E-state index contributed by atoms with van der Waals surface area (Å²) in [5, 5.41) is 19.1. The normalized spacial score (nSPS) is 8.92. The van der Waals surface area contributed by atoms with Gasteiger partial charge in [-0.25, -0.2) is 14.6 Å². The van der Waals surface area contributed by atoms with E-state index in [0.29, 0.717) is 22.5 Å². The first-order valence-electron chi connectivity index (χ1n) is 9.33. The molecule has 4 rings (SSSR count). The molecule has 0 bridgehead atoms. The van der Waals surface area contributed by atoms with Crippen molar-refractivity contribution in [1.29, 1.82) is 0 Å². The molecule has 0 aliphatic heterocycles. The number of benzene rings is 2.